The number of hydrogen-bond acceptors (Lipinski definition) is 3. The lowest BCUT2D eigenvalue weighted by molar-refractivity contribution is -0.121. The number of carbonyl (C=O) groups excluding carboxylic acids is 1. The quantitative estimate of drug-likeness (QED) is 0.614. The molecule has 4 heteroatoms. The highest BCUT2D eigenvalue weighted by Gasteiger charge is 2.03. The van der Waals surface area contributed by atoms with Gasteiger partial charge in [-0.1, -0.05) is 25.0 Å². The Bertz CT molecular complexity index is 440. The van der Waals surface area contributed by atoms with Crippen LogP contribution in [0.5, 0.6) is 5.75 Å². The predicted octanol–water partition coefficient (Wildman–Crippen LogP) is 3.46. The molecule has 0 fully saturated rings. The topological polar surface area (TPSA) is 58.6 Å². The number of hydrogen-bond donors (Lipinski definition) is 2. The third-order valence-corrected chi connectivity index (χ3v) is 3.56. The van der Waals surface area contributed by atoms with Crippen LogP contribution < -0.4 is 10.1 Å². The number of amides is 1. The minimum atomic E-state index is -0.235. The van der Waals surface area contributed by atoms with Gasteiger partial charge in [0.15, 0.2) is 0 Å². The van der Waals surface area contributed by atoms with Crippen LogP contribution >= 0.6 is 0 Å². The number of benzene rings is 1. The lowest BCUT2D eigenvalue weighted by Crippen LogP contribution is -2.25. The molecule has 0 bridgehead atoms. The number of nitrogens with one attached hydrogen (secondary N) is 1. The maximum atomic E-state index is 11.7. The van der Waals surface area contributed by atoms with Gasteiger partial charge in [-0.2, -0.15) is 0 Å². The number of aliphatic hydroxyl groups is 1. The highest BCUT2D eigenvalue weighted by atomic mass is 16.5. The van der Waals surface area contributed by atoms with Gasteiger partial charge in [0.2, 0.25) is 5.91 Å². The average molecular weight is 321 g/mol. The molecule has 1 atom stereocenters. The molecule has 1 aromatic rings. The molecule has 1 rings (SSSR count). The van der Waals surface area contributed by atoms with Crippen molar-refractivity contribution in [3.05, 3.63) is 29.8 Å². The fraction of sp³-hybridized carbons (Fsp3) is 0.632. The Morgan fingerprint density at radius 3 is 2.43 bits per heavy atom. The number of carbonyl (C=O) groups is 1. The summed E-state index contributed by atoms with van der Waals surface area (Å²) in [7, 11) is 0. The van der Waals surface area contributed by atoms with Gasteiger partial charge in [-0.25, -0.2) is 0 Å². The Hall–Kier alpha value is -1.55. The van der Waals surface area contributed by atoms with Crippen LogP contribution in [0, 0.1) is 0 Å². The van der Waals surface area contributed by atoms with Crippen molar-refractivity contribution in [2.24, 2.45) is 0 Å². The number of unbranched alkanes of at least 4 members (excludes halogenated alkanes) is 2. The van der Waals surface area contributed by atoms with E-state index in [0.29, 0.717) is 13.0 Å². The summed E-state index contributed by atoms with van der Waals surface area (Å²) in [6.45, 7) is 6.48. The second kappa shape index (κ2) is 11.1. The minimum Gasteiger partial charge on any atom is -0.491 e. The third kappa shape index (κ3) is 9.95. The average Bonchev–Trinajstić information content (AvgIpc) is 2.48. The highest BCUT2D eigenvalue weighted by Crippen LogP contribution is 2.14. The van der Waals surface area contributed by atoms with E-state index in [1.54, 1.807) is 6.92 Å². The van der Waals surface area contributed by atoms with E-state index in [0.717, 1.165) is 37.9 Å². The van der Waals surface area contributed by atoms with Gasteiger partial charge >= 0.3 is 0 Å². The lowest BCUT2D eigenvalue weighted by Gasteiger charge is -2.10. The molecule has 0 radical (unpaired) electrons. The Morgan fingerprint density at radius 1 is 1.13 bits per heavy atom. The summed E-state index contributed by atoms with van der Waals surface area (Å²) in [5.41, 5.74) is 1.19. The summed E-state index contributed by atoms with van der Waals surface area (Å²) < 4.78 is 5.61. The standard InChI is InChI=1S/C19H31NO3/c1-15(2)23-18-11-9-17(10-12-18)13-14-20-19(22)8-6-4-5-7-16(3)21/h9-12,15-16,21H,4-8,13-14H2,1-3H3,(H,20,22). The number of rotatable bonds is 11. The SMILES string of the molecule is CC(O)CCCCCC(=O)NCCc1ccc(OC(C)C)cc1. The van der Waals surface area contributed by atoms with Crippen molar-refractivity contribution < 1.29 is 14.6 Å². The van der Waals surface area contributed by atoms with E-state index in [4.69, 9.17) is 9.84 Å². The molecule has 0 saturated carbocycles. The molecule has 1 unspecified atom stereocenters. The Balaban J connectivity index is 2.12. The largest absolute Gasteiger partial charge is 0.491 e. The molecule has 0 spiro atoms. The van der Waals surface area contributed by atoms with Crippen molar-refractivity contribution in [2.75, 3.05) is 6.54 Å². The smallest absolute Gasteiger partial charge is 0.220 e. The molecule has 23 heavy (non-hydrogen) atoms. The monoisotopic (exact) mass is 321 g/mol. The molecule has 0 saturated heterocycles. The molecular formula is C19H31NO3. The first-order valence-corrected chi connectivity index (χ1v) is 8.67. The van der Waals surface area contributed by atoms with E-state index < -0.39 is 0 Å². The van der Waals surface area contributed by atoms with Crippen LogP contribution in [0.15, 0.2) is 24.3 Å². The van der Waals surface area contributed by atoms with Crippen molar-refractivity contribution in [3.8, 4) is 5.75 Å². The van der Waals surface area contributed by atoms with Crippen LogP contribution in [0.1, 0.15) is 58.4 Å². The number of ether oxygens (including phenoxy) is 1. The first-order chi connectivity index (χ1) is 11.0. The van der Waals surface area contributed by atoms with Gasteiger partial charge in [0.1, 0.15) is 5.75 Å². The van der Waals surface area contributed by atoms with E-state index in [-0.39, 0.29) is 18.1 Å². The van der Waals surface area contributed by atoms with E-state index in [2.05, 4.69) is 5.32 Å². The molecule has 1 aromatic carbocycles. The molecule has 0 aliphatic carbocycles. The third-order valence-electron chi connectivity index (χ3n) is 3.56. The molecular weight excluding hydrogens is 290 g/mol. The first-order valence-electron chi connectivity index (χ1n) is 8.67. The maximum Gasteiger partial charge on any atom is 0.220 e. The van der Waals surface area contributed by atoms with Crippen LogP contribution in [0.3, 0.4) is 0 Å². The fourth-order valence-electron chi connectivity index (χ4n) is 2.34. The Morgan fingerprint density at radius 2 is 1.83 bits per heavy atom. The fourth-order valence-corrected chi connectivity index (χ4v) is 2.34. The van der Waals surface area contributed by atoms with E-state index in [9.17, 15) is 4.79 Å². The summed E-state index contributed by atoms with van der Waals surface area (Å²) in [6, 6.07) is 8.03. The summed E-state index contributed by atoms with van der Waals surface area (Å²) in [4.78, 5) is 11.7. The van der Waals surface area contributed by atoms with E-state index in [1.807, 2.05) is 38.1 Å². The van der Waals surface area contributed by atoms with E-state index in [1.165, 1.54) is 5.56 Å². The van der Waals surface area contributed by atoms with Crippen molar-refractivity contribution >= 4 is 5.91 Å². The Labute approximate surface area is 140 Å². The second-order valence-electron chi connectivity index (χ2n) is 6.36. The predicted molar refractivity (Wildman–Crippen MR) is 93.7 cm³/mol. The van der Waals surface area contributed by atoms with Gasteiger partial charge in [-0.3, -0.25) is 4.79 Å². The zero-order valence-electron chi connectivity index (χ0n) is 14.7. The molecule has 4 nitrogen and oxygen atoms in total. The van der Waals surface area contributed by atoms with Crippen LogP contribution in [0.2, 0.25) is 0 Å². The van der Waals surface area contributed by atoms with Crippen LogP contribution in [0.25, 0.3) is 0 Å². The van der Waals surface area contributed by atoms with Gasteiger partial charge in [0, 0.05) is 13.0 Å². The van der Waals surface area contributed by atoms with Crippen molar-refractivity contribution in [1.29, 1.82) is 0 Å². The molecule has 2 N–H and O–H groups in total. The van der Waals surface area contributed by atoms with Gasteiger partial charge in [-0.05, 0) is 57.7 Å². The summed E-state index contributed by atoms with van der Waals surface area (Å²) in [5.74, 6) is 0.992. The zero-order valence-corrected chi connectivity index (χ0v) is 14.7. The van der Waals surface area contributed by atoms with Crippen molar-refractivity contribution in [2.45, 2.75) is 71.5 Å². The molecule has 1 amide bonds. The second-order valence-corrected chi connectivity index (χ2v) is 6.36. The summed E-state index contributed by atoms with van der Waals surface area (Å²) in [5, 5.41) is 12.1. The number of aliphatic hydroxyl groups excluding tert-OH is 1. The summed E-state index contributed by atoms with van der Waals surface area (Å²) >= 11 is 0. The maximum absolute atomic E-state index is 11.7. The molecule has 0 aliphatic rings. The first kappa shape index (κ1) is 19.5. The van der Waals surface area contributed by atoms with E-state index >= 15 is 0 Å². The lowest BCUT2D eigenvalue weighted by atomic mass is 10.1. The van der Waals surface area contributed by atoms with Gasteiger partial charge in [-0.15, -0.1) is 0 Å². The zero-order chi connectivity index (χ0) is 17.1. The summed E-state index contributed by atoms with van der Waals surface area (Å²) in [6.07, 6.45) is 5.03. The van der Waals surface area contributed by atoms with Crippen molar-refractivity contribution in [3.63, 3.8) is 0 Å². The molecule has 0 heterocycles. The van der Waals surface area contributed by atoms with Crippen LogP contribution in [0.4, 0.5) is 0 Å². The van der Waals surface area contributed by atoms with Crippen molar-refractivity contribution in [1.82, 2.24) is 5.32 Å². The Kier molecular flexibility index (Phi) is 9.37. The van der Waals surface area contributed by atoms with Crippen LogP contribution in [-0.2, 0) is 11.2 Å². The molecule has 0 aliphatic heterocycles. The van der Waals surface area contributed by atoms with Gasteiger partial charge in [0.25, 0.3) is 0 Å². The normalized spacial score (nSPS) is 12.2. The van der Waals surface area contributed by atoms with Crippen LogP contribution in [-0.4, -0.2) is 29.8 Å². The molecule has 130 valence electrons. The minimum absolute atomic E-state index is 0.113. The van der Waals surface area contributed by atoms with Gasteiger partial charge < -0.3 is 15.2 Å². The highest BCUT2D eigenvalue weighted by molar-refractivity contribution is 5.75. The van der Waals surface area contributed by atoms with Gasteiger partial charge in [0.05, 0.1) is 12.2 Å². The molecule has 0 aromatic heterocycles.